The first-order valence-electron chi connectivity index (χ1n) is 8.51. The molecular weight excluding hydrogens is 306 g/mol. The molecular formula is C18H23N3O3. The number of nitrogens with zero attached hydrogens (tertiary/aromatic N) is 2. The molecule has 6 nitrogen and oxygen atoms in total. The molecule has 0 unspecified atom stereocenters. The maximum absolute atomic E-state index is 12.8. The average molecular weight is 329 g/mol. The summed E-state index contributed by atoms with van der Waals surface area (Å²) in [5.41, 5.74) is 2.97. The normalized spacial score (nSPS) is 21.0. The molecule has 1 aliphatic carbocycles. The van der Waals surface area contributed by atoms with Crippen LogP contribution in [0.4, 0.5) is 4.79 Å². The highest BCUT2D eigenvalue weighted by atomic mass is 16.2. The predicted molar refractivity (Wildman–Crippen MR) is 90.2 cm³/mol. The first kappa shape index (κ1) is 16.5. The Kier molecular flexibility index (Phi) is 4.30. The molecule has 4 amide bonds. The fraction of sp³-hybridized carbons (Fsp3) is 0.500. The van der Waals surface area contributed by atoms with Crippen LogP contribution >= 0.6 is 0 Å². The summed E-state index contributed by atoms with van der Waals surface area (Å²) < 4.78 is 2.12. The summed E-state index contributed by atoms with van der Waals surface area (Å²) in [6, 6.07) is 1.27. The first-order chi connectivity index (χ1) is 11.4. The van der Waals surface area contributed by atoms with E-state index in [9.17, 15) is 14.4 Å². The molecule has 1 N–H and O–H groups in total. The van der Waals surface area contributed by atoms with E-state index in [1.807, 2.05) is 19.9 Å². The van der Waals surface area contributed by atoms with E-state index in [1.165, 1.54) is 4.90 Å². The summed E-state index contributed by atoms with van der Waals surface area (Å²) >= 11 is 0. The minimum atomic E-state index is -0.611. The van der Waals surface area contributed by atoms with E-state index in [0.717, 1.165) is 49.2 Å². The third-order valence-corrected chi connectivity index (χ3v) is 5.05. The van der Waals surface area contributed by atoms with Crippen molar-refractivity contribution in [1.29, 1.82) is 0 Å². The Labute approximate surface area is 141 Å². The molecule has 1 saturated heterocycles. The van der Waals surface area contributed by atoms with Crippen LogP contribution in [0.2, 0.25) is 0 Å². The van der Waals surface area contributed by atoms with Gasteiger partial charge in [0.1, 0.15) is 5.57 Å². The van der Waals surface area contributed by atoms with Crippen LogP contribution in [-0.2, 0) is 16.1 Å². The van der Waals surface area contributed by atoms with Gasteiger partial charge in [0.25, 0.3) is 11.8 Å². The fourth-order valence-electron chi connectivity index (χ4n) is 3.78. The summed E-state index contributed by atoms with van der Waals surface area (Å²) in [5.74, 6) is -1.09. The third-order valence-electron chi connectivity index (χ3n) is 5.05. The largest absolute Gasteiger partial charge is 0.349 e. The van der Waals surface area contributed by atoms with Crippen LogP contribution in [0.5, 0.6) is 0 Å². The standard InChI is InChI=1S/C18H23N3O3/c1-4-20-11(2)9-13(12(20)3)10-15-16(22)19-18(24)21(17(15)23)14-7-5-6-8-14/h9-10,14H,4-8H2,1-3H3,(H,19,22,24)/b15-10+. The van der Waals surface area contributed by atoms with Crippen molar-refractivity contribution < 1.29 is 14.4 Å². The van der Waals surface area contributed by atoms with Crippen molar-refractivity contribution in [3.05, 3.63) is 28.6 Å². The molecule has 2 fully saturated rings. The molecule has 1 aromatic rings. The SMILES string of the molecule is CCn1c(C)cc(/C=C2\C(=O)NC(=O)N(C3CCCC3)C2=O)c1C. The molecule has 128 valence electrons. The van der Waals surface area contributed by atoms with Crippen molar-refractivity contribution in [3.63, 3.8) is 0 Å². The lowest BCUT2D eigenvalue weighted by Crippen LogP contribution is -2.57. The predicted octanol–water partition coefficient (Wildman–Crippen LogP) is 2.53. The molecule has 0 aromatic carbocycles. The second kappa shape index (κ2) is 6.26. The monoisotopic (exact) mass is 329 g/mol. The first-order valence-corrected chi connectivity index (χ1v) is 8.51. The molecule has 24 heavy (non-hydrogen) atoms. The zero-order valence-corrected chi connectivity index (χ0v) is 14.4. The summed E-state index contributed by atoms with van der Waals surface area (Å²) in [7, 11) is 0. The lowest BCUT2D eigenvalue weighted by atomic mass is 10.1. The van der Waals surface area contributed by atoms with E-state index in [4.69, 9.17) is 0 Å². The van der Waals surface area contributed by atoms with Crippen LogP contribution in [0.3, 0.4) is 0 Å². The highest BCUT2D eigenvalue weighted by molar-refractivity contribution is 6.31. The zero-order chi connectivity index (χ0) is 17.4. The van der Waals surface area contributed by atoms with E-state index in [2.05, 4.69) is 16.8 Å². The Morgan fingerprint density at radius 3 is 2.46 bits per heavy atom. The van der Waals surface area contributed by atoms with Gasteiger partial charge in [0, 0.05) is 24.0 Å². The number of hydrogen-bond donors (Lipinski definition) is 1. The van der Waals surface area contributed by atoms with Gasteiger partial charge in [-0.25, -0.2) is 4.79 Å². The number of hydrogen-bond acceptors (Lipinski definition) is 3. The van der Waals surface area contributed by atoms with Crippen LogP contribution < -0.4 is 5.32 Å². The van der Waals surface area contributed by atoms with Crippen LogP contribution in [0.15, 0.2) is 11.6 Å². The van der Waals surface area contributed by atoms with Gasteiger partial charge in [0.15, 0.2) is 0 Å². The number of carbonyl (C=O) groups is 3. The smallest absolute Gasteiger partial charge is 0.331 e. The van der Waals surface area contributed by atoms with Gasteiger partial charge >= 0.3 is 6.03 Å². The van der Waals surface area contributed by atoms with Crippen LogP contribution in [0, 0.1) is 13.8 Å². The molecule has 1 saturated carbocycles. The molecule has 0 bridgehead atoms. The molecule has 1 aliphatic heterocycles. The van der Waals surface area contributed by atoms with Gasteiger partial charge in [-0.3, -0.25) is 19.8 Å². The van der Waals surface area contributed by atoms with E-state index in [0.29, 0.717) is 0 Å². The van der Waals surface area contributed by atoms with Gasteiger partial charge < -0.3 is 4.57 Å². The lowest BCUT2D eigenvalue weighted by molar-refractivity contribution is -0.131. The van der Waals surface area contributed by atoms with Gasteiger partial charge in [-0.15, -0.1) is 0 Å². The maximum Gasteiger partial charge on any atom is 0.331 e. The van der Waals surface area contributed by atoms with Crippen molar-refractivity contribution in [2.24, 2.45) is 0 Å². The van der Waals surface area contributed by atoms with Crippen LogP contribution in [-0.4, -0.2) is 33.4 Å². The number of rotatable bonds is 3. The number of barbiturate groups is 1. The summed E-state index contributed by atoms with van der Waals surface area (Å²) in [6.45, 7) is 6.84. The van der Waals surface area contributed by atoms with Crippen molar-refractivity contribution in [2.75, 3.05) is 0 Å². The lowest BCUT2D eigenvalue weighted by Gasteiger charge is -2.31. The number of aryl methyl sites for hydroxylation is 1. The molecule has 0 atom stereocenters. The molecule has 0 spiro atoms. The summed E-state index contributed by atoms with van der Waals surface area (Å²) in [4.78, 5) is 38.3. The highest BCUT2D eigenvalue weighted by Crippen LogP contribution is 2.27. The Morgan fingerprint density at radius 2 is 1.88 bits per heavy atom. The van der Waals surface area contributed by atoms with E-state index < -0.39 is 17.8 Å². The number of nitrogens with one attached hydrogen (secondary N) is 1. The number of aromatic nitrogens is 1. The summed E-state index contributed by atoms with van der Waals surface area (Å²) in [5, 5.41) is 2.31. The molecule has 3 rings (SSSR count). The molecule has 0 radical (unpaired) electrons. The van der Waals surface area contributed by atoms with E-state index in [-0.39, 0.29) is 11.6 Å². The second-order valence-electron chi connectivity index (χ2n) is 6.50. The van der Waals surface area contributed by atoms with E-state index >= 15 is 0 Å². The molecule has 1 aromatic heterocycles. The molecule has 2 aliphatic rings. The Balaban J connectivity index is 1.98. The highest BCUT2D eigenvalue weighted by Gasteiger charge is 2.40. The van der Waals surface area contributed by atoms with Gasteiger partial charge in [0.2, 0.25) is 0 Å². The van der Waals surface area contributed by atoms with Crippen molar-refractivity contribution in [3.8, 4) is 0 Å². The topological polar surface area (TPSA) is 71.4 Å². The van der Waals surface area contributed by atoms with E-state index in [1.54, 1.807) is 6.08 Å². The average Bonchev–Trinajstić information content (AvgIpc) is 3.12. The van der Waals surface area contributed by atoms with Crippen molar-refractivity contribution >= 4 is 23.9 Å². The van der Waals surface area contributed by atoms with Crippen LogP contribution in [0.25, 0.3) is 6.08 Å². The maximum atomic E-state index is 12.8. The van der Waals surface area contributed by atoms with Crippen molar-refractivity contribution in [2.45, 2.75) is 59.0 Å². The number of imide groups is 2. The number of urea groups is 1. The number of carbonyl (C=O) groups excluding carboxylic acids is 3. The third kappa shape index (κ3) is 2.66. The van der Waals surface area contributed by atoms with Gasteiger partial charge in [-0.1, -0.05) is 12.8 Å². The van der Waals surface area contributed by atoms with Gasteiger partial charge in [-0.05, 0) is 51.3 Å². The minimum Gasteiger partial charge on any atom is -0.349 e. The van der Waals surface area contributed by atoms with Crippen molar-refractivity contribution in [1.82, 2.24) is 14.8 Å². The Morgan fingerprint density at radius 1 is 1.21 bits per heavy atom. The Bertz CT molecular complexity index is 739. The number of amides is 4. The Hall–Kier alpha value is -2.37. The van der Waals surface area contributed by atoms with Crippen LogP contribution in [0.1, 0.15) is 49.6 Å². The molecule has 2 heterocycles. The van der Waals surface area contributed by atoms with Gasteiger partial charge in [0.05, 0.1) is 0 Å². The zero-order valence-electron chi connectivity index (χ0n) is 14.4. The van der Waals surface area contributed by atoms with Gasteiger partial charge in [-0.2, -0.15) is 0 Å². The quantitative estimate of drug-likeness (QED) is 0.684. The fourth-order valence-corrected chi connectivity index (χ4v) is 3.78. The minimum absolute atomic E-state index is 0.0397. The second-order valence-corrected chi connectivity index (χ2v) is 6.50. The molecule has 6 heteroatoms. The summed E-state index contributed by atoms with van der Waals surface area (Å²) in [6.07, 6.45) is 5.25.